The number of ether oxygens (including phenoxy) is 2. The van der Waals surface area contributed by atoms with E-state index in [-0.39, 0.29) is 17.8 Å². The summed E-state index contributed by atoms with van der Waals surface area (Å²) < 4.78 is 24.0. The summed E-state index contributed by atoms with van der Waals surface area (Å²) >= 11 is 0. The maximum Gasteiger partial charge on any atom is 0.273 e. The molecule has 0 fully saturated rings. The van der Waals surface area contributed by atoms with Gasteiger partial charge >= 0.3 is 0 Å². The number of hydrogen-bond donors (Lipinski definition) is 1. The van der Waals surface area contributed by atoms with Crippen LogP contribution in [-0.4, -0.2) is 48.4 Å². The zero-order chi connectivity index (χ0) is 20.4. The van der Waals surface area contributed by atoms with Gasteiger partial charge in [-0.2, -0.15) is 5.10 Å². The predicted octanol–water partition coefficient (Wildman–Crippen LogP) is 3.81. The van der Waals surface area contributed by atoms with Crippen molar-refractivity contribution >= 4 is 5.91 Å². The molecule has 2 heterocycles. The number of amides is 1. The normalized spacial score (nSPS) is 15.6. The van der Waals surface area contributed by atoms with Crippen molar-refractivity contribution in [3.63, 3.8) is 0 Å². The van der Waals surface area contributed by atoms with Crippen LogP contribution in [0.5, 0.6) is 5.75 Å². The van der Waals surface area contributed by atoms with Gasteiger partial charge in [-0.05, 0) is 48.4 Å². The maximum absolute atomic E-state index is 13.4. The average molecular weight is 395 g/mol. The number of hydrogen-bond acceptors (Lipinski definition) is 4. The average Bonchev–Trinajstić information content (AvgIpc) is 3.28. The van der Waals surface area contributed by atoms with Crippen LogP contribution in [0.1, 0.15) is 34.1 Å². The predicted molar refractivity (Wildman–Crippen MR) is 106 cm³/mol. The van der Waals surface area contributed by atoms with Crippen LogP contribution in [-0.2, 0) is 4.74 Å². The first-order chi connectivity index (χ1) is 14.1. The van der Waals surface area contributed by atoms with Gasteiger partial charge in [0.25, 0.3) is 5.91 Å². The van der Waals surface area contributed by atoms with Crippen LogP contribution in [0.15, 0.2) is 48.5 Å². The molecule has 0 bridgehead atoms. The van der Waals surface area contributed by atoms with Crippen molar-refractivity contribution < 1.29 is 18.7 Å². The zero-order valence-corrected chi connectivity index (χ0v) is 16.3. The summed E-state index contributed by atoms with van der Waals surface area (Å²) in [6, 6.07) is 13.5. The number of halogens is 1. The Bertz CT molecular complexity index is 1020. The molecule has 0 saturated heterocycles. The van der Waals surface area contributed by atoms with E-state index in [1.54, 1.807) is 26.4 Å². The van der Waals surface area contributed by atoms with E-state index in [2.05, 4.69) is 10.2 Å². The Kier molecular flexibility index (Phi) is 5.31. The first-order valence-corrected chi connectivity index (χ1v) is 9.42. The van der Waals surface area contributed by atoms with Crippen LogP contribution >= 0.6 is 0 Å². The van der Waals surface area contributed by atoms with Crippen molar-refractivity contribution in [2.75, 3.05) is 27.4 Å². The van der Waals surface area contributed by atoms with E-state index in [1.165, 1.54) is 12.1 Å². The number of aromatic amines is 1. The topological polar surface area (TPSA) is 67.5 Å². The fraction of sp³-hybridized carbons (Fsp3) is 0.273. The van der Waals surface area contributed by atoms with Gasteiger partial charge in [-0.3, -0.25) is 9.89 Å². The Hall–Kier alpha value is -3.19. The van der Waals surface area contributed by atoms with E-state index >= 15 is 0 Å². The molecule has 2 aromatic carbocycles. The molecule has 6 nitrogen and oxygen atoms in total. The second-order valence-electron chi connectivity index (χ2n) is 6.89. The molecule has 7 heteroatoms. The second-order valence-corrected chi connectivity index (χ2v) is 6.89. The Labute approximate surface area is 168 Å². The first kappa shape index (κ1) is 19.1. The van der Waals surface area contributed by atoms with E-state index in [1.807, 2.05) is 29.2 Å². The molecule has 150 valence electrons. The number of H-pyrrole nitrogens is 1. The number of fused-ring (bicyclic) bond motifs is 1. The molecule has 4 rings (SSSR count). The second kappa shape index (κ2) is 8.05. The Morgan fingerprint density at radius 2 is 1.97 bits per heavy atom. The van der Waals surface area contributed by atoms with Gasteiger partial charge in [0.15, 0.2) is 0 Å². The lowest BCUT2D eigenvalue weighted by molar-refractivity contribution is 0.0723. The van der Waals surface area contributed by atoms with Gasteiger partial charge < -0.3 is 14.4 Å². The zero-order valence-electron chi connectivity index (χ0n) is 16.3. The van der Waals surface area contributed by atoms with Crippen molar-refractivity contribution in [3.8, 4) is 17.0 Å². The lowest BCUT2D eigenvalue weighted by atomic mass is 9.96. The van der Waals surface area contributed by atoms with Gasteiger partial charge in [-0.1, -0.05) is 12.1 Å². The molecule has 1 aliphatic rings. The molecule has 1 unspecified atom stereocenters. The fourth-order valence-electron chi connectivity index (χ4n) is 3.79. The molecule has 0 aliphatic carbocycles. The number of aromatic nitrogens is 2. The molecule has 1 amide bonds. The molecule has 0 saturated carbocycles. The Morgan fingerprint density at radius 3 is 2.69 bits per heavy atom. The highest BCUT2D eigenvalue weighted by Crippen LogP contribution is 2.43. The number of methoxy groups -OCH3 is 2. The molecule has 1 aliphatic heterocycles. The summed E-state index contributed by atoms with van der Waals surface area (Å²) in [7, 11) is 3.26. The van der Waals surface area contributed by atoms with E-state index in [9.17, 15) is 9.18 Å². The minimum Gasteiger partial charge on any atom is -0.497 e. The summed E-state index contributed by atoms with van der Waals surface area (Å²) in [5.74, 6) is 0.291. The molecule has 1 atom stereocenters. The summed E-state index contributed by atoms with van der Waals surface area (Å²) in [4.78, 5) is 15.0. The van der Waals surface area contributed by atoms with Gasteiger partial charge in [-0.25, -0.2) is 4.39 Å². The SMILES string of the molecule is COCCCN1C(=O)c2[nH]nc(-c3ccc(F)cc3)c2C1c1cccc(OC)c1. The van der Waals surface area contributed by atoms with E-state index in [0.717, 1.165) is 16.7 Å². The monoisotopic (exact) mass is 395 g/mol. The van der Waals surface area contributed by atoms with E-state index < -0.39 is 0 Å². The molecule has 3 aromatic rings. The molecule has 1 N–H and O–H groups in total. The summed E-state index contributed by atoms with van der Waals surface area (Å²) in [6.45, 7) is 1.10. The number of rotatable bonds is 7. The molecule has 1 aromatic heterocycles. The number of carbonyl (C=O) groups excluding carboxylic acids is 1. The van der Waals surface area contributed by atoms with Crippen LogP contribution < -0.4 is 4.74 Å². The third-order valence-corrected chi connectivity index (χ3v) is 5.14. The summed E-state index contributed by atoms with van der Waals surface area (Å²) in [6.07, 6.45) is 0.715. The highest BCUT2D eigenvalue weighted by molar-refractivity contribution is 6.00. The largest absolute Gasteiger partial charge is 0.497 e. The van der Waals surface area contributed by atoms with Crippen LogP contribution in [0.3, 0.4) is 0 Å². The Balaban J connectivity index is 1.82. The van der Waals surface area contributed by atoms with Crippen molar-refractivity contribution in [3.05, 3.63) is 71.2 Å². The number of nitrogens with zero attached hydrogens (tertiary/aromatic N) is 2. The third-order valence-electron chi connectivity index (χ3n) is 5.14. The van der Waals surface area contributed by atoms with Crippen LogP contribution in [0, 0.1) is 5.82 Å². The maximum atomic E-state index is 13.4. The van der Waals surface area contributed by atoms with Crippen LogP contribution in [0.4, 0.5) is 4.39 Å². The quantitative estimate of drug-likeness (QED) is 0.618. The number of benzene rings is 2. The molecule has 0 spiro atoms. The lowest BCUT2D eigenvalue weighted by Crippen LogP contribution is -2.31. The van der Waals surface area contributed by atoms with Gasteiger partial charge in [0.05, 0.1) is 18.8 Å². The standard InChI is InChI=1S/C22H22FN3O3/c1-28-12-4-11-26-21(15-5-3-6-17(13-15)29-2)18-19(24-25-20(18)22(26)27)14-7-9-16(23)10-8-14/h3,5-10,13,21H,4,11-12H2,1-2H3,(H,24,25). The Morgan fingerprint density at radius 1 is 1.17 bits per heavy atom. The lowest BCUT2D eigenvalue weighted by Gasteiger charge is -2.26. The molecular formula is C22H22FN3O3. The smallest absolute Gasteiger partial charge is 0.273 e. The summed E-state index contributed by atoms with van der Waals surface area (Å²) in [5, 5.41) is 7.29. The number of nitrogens with one attached hydrogen (secondary N) is 1. The fourth-order valence-corrected chi connectivity index (χ4v) is 3.79. The molecule has 0 radical (unpaired) electrons. The van der Waals surface area contributed by atoms with Crippen molar-refractivity contribution in [1.29, 1.82) is 0 Å². The highest BCUT2D eigenvalue weighted by atomic mass is 19.1. The van der Waals surface area contributed by atoms with E-state index in [0.29, 0.717) is 36.7 Å². The van der Waals surface area contributed by atoms with Gasteiger partial charge in [0.1, 0.15) is 17.3 Å². The molecule has 29 heavy (non-hydrogen) atoms. The third kappa shape index (κ3) is 3.49. The van der Waals surface area contributed by atoms with Gasteiger partial charge in [0, 0.05) is 31.4 Å². The number of carbonyl (C=O) groups is 1. The van der Waals surface area contributed by atoms with Crippen molar-refractivity contribution in [2.24, 2.45) is 0 Å². The minimum atomic E-state index is -0.317. The minimum absolute atomic E-state index is 0.107. The van der Waals surface area contributed by atoms with Crippen LogP contribution in [0.25, 0.3) is 11.3 Å². The highest BCUT2D eigenvalue weighted by Gasteiger charge is 2.41. The van der Waals surface area contributed by atoms with E-state index in [4.69, 9.17) is 9.47 Å². The van der Waals surface area contributed by atoms with Crippen molar-refractivity contribution in [1.82, 2.24) is 15.1 Å². The van der Waals surface area contributed by atoms with Crippen LogP contribution in [0.2, 0.25) is 0 Å². The molecular weight excluding hydrogens is 373 g/mol. The van der Waals surface area contributed by atoms with Gasteiger partial charge in [0.2, 0.25) is 0 Å². The van der Waals surface area contributed by atoms with Gasteiger partial charge in [-0.15, -0.1) is 0 Å². The summed E-state index contributed by atoms with van der Waals surface area (Å²) in [5.41, 5.74) is 3.60. The first-order valence-electron chi connectivity index (χ1n) is 9.42. The van der Waals surface area contributed by atoms with Crippen molar-refractivity contribution in [2.45, 2.75) is 12.5 Å².